The normalized spacial score (nSPS) is 13.7. The van der Waals surface area contributed by atoms with Crippen LogP contribution in [0.4, 0.5) is 34.1 Å². The number of para-hydroxylation sites is 10. The van der Waals surface area contributed by atoms with Crippen LogP contribution in [0.25, 0.3) is 56.2 Å². The van der Waals surface area contributed by atoms with Crippen LogP contribution in [-0.4, -0.2) is 9.97 Å². The summed E-state index contributed by atoms with van der Waals surface area (Å²) in [5.41, 5.74) is 15.1. The maximum absolute atomic E-state index is 6.54. The highest BCUT2D eigenvalue weighted by Crippen LogP contribution is 2.57. The van der Waals surface area contributed by atoms with Crippen molar-refractivity contribution in [2.75, 3.05) is 9.80 Å². The van der Waals surface area contributed by atoms with Crippen molar-refractivity contribution >= 4 is 56.3 Å². The molecule has 0 aliphatic carbocycles. The Labute approximate surface area is 346 Å². The molecule has 7 heteroatoms. The quantitative estimate of drug-likeness (QED) is 0.172. The third kappa shape index (κ3) is 5.22. The van der Waals surface area contributed by atoms with Gasteiger partial charge in [-0.25, -0.2) is 9.97 Å². The Balaban J connectivity index is 1.16. The standard InChI is InChI=1S/C53H36N4O3/c1-53(2)37-15-3-7-19-41(37)56(42-20-8-4-16-38(42)53)45-31-33(51-54-39-17-5-11-23-47(39)59-51)27-29-35(45)36-30-28-34(52-55-40-18-6-12-24-48(40)60-52)32-46(36)57-43-21-9-13-25-49(43)58-50-26-14-10-22-44(50)57/h3-32H,1-2H3. The third-order valence-electron chi connectivity index (χ3n) is 11.9. The maximum Gasteiger partial charge on any atom is 0.227 e. The number of ether oxygens (including phenoxy) is 1. The highest BCUT2D eigenvalue weighted by Gasteiger charge is 2.38. The molecule has 0 spiro atoms. The van der Waals surface area contributed by atoms with E-state index in [1.165, 1.54) is 11.1 Å². The summed E-state index contributed by atoms with van der Waals surface area (Å²) < 4.78 is 19.4. The average Bonchev–Trinajstić information content (AvgIpc) is 3.94. The maximum atomic E-state index is 6.54. The van der Waals surface area contributed by atoms with Crippen LogP contribution in [-0.2, 0) is 5.41 Å². The summed E-state index contributed by atoms with van der Waals surface area (Å²) in [5, 5.41) is 0. The van der Waals surface area contributed by atoms with E-state index in [0.29, 0.717) is 11.8 Å². The van der Waals surface area contributed by atoms with E-state index in [9.17, 15) is 0 Å². The SMILES string of the molecule is CC1(C)c2ccccc2N(c2cc(-c3nc4ccccc4o3)ccc2-c2ccc(-c3nc4ccccc4o3)cc2N2c3ccccc3Oc3ccccc32)c2ccccc21. The van der Waals surface area contributed by atoms with E-state index < -0.39 is 0 Å². The molecule has 286 valence electrons. The predicted octanol–water partition coefficient (Wildman–Crippen LogP) is 14.7. The second kappa shape index (κ2) is 13.1. The van der Waals surface area contributed by atoms with Gasteiger partial charge < -0.3 is 23.4 Å². The van der Waals surface area contributed by atoms with Crippen molar-refractivity contribution in [3.8, 4) is 45.5 Å². The number of benzene rings is 8. The molecule has 2 aliphatic rings. The fourth-order valence-electron chi connectivity index (χ4n) is 9.04. The van der Waals surface area contributed by atoms with Crippen molar-refractivity contribution < 1.29 is 13.6 Å². The van der Waals surface area contributed by atoms with Gasteiger partial charge in [0.15, 0.2) is 22.7 Å². The van der Waals surface area contributed by atoms with Crippen LogP contribution < -0.4 is 14.5 Å². The van der Waals surface area contributed by atoms with Crippen molar-refractivity contribution in [2.24, 2.45) is 0 Å². The highest BCUT2D eigenvalue weighted by atomic mass is 16.5. The summed E-state index contributed by atoms with van der Waals surface area (Å²) in [6.07, 6.45) is 0. The molecule has 7 nitrogen and oxygen atoms in total. The first-order valence-corrected chi connectivity index (χ1v) is 20.2. The van der Waals surface area contributed by atoms with Gasteiger partial charge in [0.1, 0.15) is 11.0 Å². The Morgan fingerprint density at radius 2 is 0.800 bits per heavy atom. The third-order valence-corrected chi connectivity index (χ3v) is 11.9. The first kappa shape index (κ1) is 34.2. The molecule has 0 unspecified atom stereocenters. The number of hydrogen-bond donors (Lipinski definition) is 0. The van der Waals surface area contributed by atoms with Gasteiger partial charge in [0.2, 0.25) is 11.8 Å². The molecule has 0 N–H and O–H groups in total. The highest BCUT2D eigenvalue weighted by molar-refractivity contribution is 6.01. The van der Waals surface area contributed by atoms with Crippen LogP contribution in [0.5, 0.6) is 11.5 Å². The van der Waals surface area contributed by atoms with E-state index in [4.69, 9.17) is 23.5 Å². The number of anilines is 6. The van der Waals surface area contributed by atoms with Crippen molar-refractivity contribution in [1.82, 2.24) is 9.97 Å². The molecule has 2 aromatic heterocycles. The Morgan fingerprint density at radius 3 is 1.28 bits per heavy atom. The summed E-state index contributed by atoms with van der Waals surface area (Å²) in [6, 6.07) is 62.7. The Morgan fingerprint density at radius 1 is 0.400 bits per heavy atom. The van der Waals surface area contributed by atoms with Crippen molar-refractivity contribution in [3.05, 3.63) is 193 Å². The summed E-state index contributed by atoms with van der Waals surface area (Å²) in [5.74, 6) is 2.64. The number of oxazole rings is 2. The molecule has 0 saturated carbocycles. The van der Waals surface area contributed by atoms with Crippen LogP contribution in [0, 0.1) is 0 Å². The van der Waals surface area contributed by atoms with E-state index in [1.54, 1.807) is 0 Å². The molecular formula is C53H36N4O3. The van der Waals surface area contributed by atoms with Gasteiger partial charge >= 0.3 is 0 Å². The lowest BCUT2D eigenvalue weighted by Gasteiger charge is -2.42. The second-order valence-corrected chi connectivity index (χ2v) is 15.8. The van der Waals surface area contributed by atoms with Crippen LogP contribution in [0.2, 0.25) is 0 Å². The van der Waals surface area contributed by atoms with E-state index >= 15 is 0 Å². The van der Waals surface area contributed by atoms with Gasteiger partial charge in [0, 0.05) is 27.7 Å². The molecule has 0 fully saturated rings. The van der Waals surface area contributed by atoms with Gasteiger partial charge in [-0.05, 0) is 96.1 Å². The van der Waals surface area contributed by atoms with Crippen LogP contribution in [0.1, 0.15) is 25.0 Å². The summed E-state index contributed by atoms with van der Waals surface area (Å²) in [4.78, 5) is 14.6. The van der Waals surface area contributed by atoms with Crippen LogP contribution in [0.15, 0.2) is 191 Å². The zero-order chi connectivity index (χ0) is 40.0. The van der Waals surface area contributed by atoms with Gasteiger partial charge in [-0.1, -0.05) is 111 Å². The van der Waals surface area contributed by atoms with Gasteiger partial charge in [-0.15, -0.1) is 0 Å². The molecule has 4 heterocycles. The lowest BCUT2D eigenvalue weighted by atomic mass is 9.73. The van der Waals surface area contributed by atoms with Crippen molar-refractivity contribution in [1.29, 1.82) is 0 Å². The monoisotopic (exact) mass is 776 g/mol. The second-order valence-electron chi connectivity index (χ2n) is 15.8. The fourth-order valence-corrected chi connectivity index (χ4v) is 9.04. The van der Waals surface area contributed by atoms with Gasteiger partial charge in [-0.2, -0.15) is 0 Å². The minimum atomic E-state index is -0.241. The Kier molecular flexibility index (Phi) is 7.44. The zero-order valence-electron chi connectivity index (χ0n) is 32.8. The molecule has 0 atom stereocenters. The molecule has 0 amide bonds. The number of aromatic nitrogens is 2. The number of rotatable bonds is 5. The van der Waals surface area contributed by atoms with E-state index in [0.717, 1.165) is 90.1 Å². The van der Waals surface area contributed by atoms with E-state index in [2.05, 4.69) is 133 Å². The number of hydrogen-bond acceptors (Lipinski definition) is 7. The number of fused-ring (bicyclic) bond motifs is 6. The lowest BCUT2D eigenvalue weighted by molar-refractivity contribution is 0.477. The molecule has 0 bridgehead atoms. The first-order valence-electron chi connectivity index (χ1n) is 20.2. The topological polar surface area (TPSA) is 67.8 Å². The first-order chi connectivity index (χ1) is 29.5. The average molecular weight is 777 g/mol. The zero-order valence-corrected chi connectivity index (χ0v) is 32.8. The molecule has 10 aromatic rings. The molecule has 8 aromatic carbocycles. The van der Waals surface area contributed by atoms with Crippen molar-refractivity contribution in [3.63, 3.8) is 0 Å². The van der Waals surface area contributed by atoms with Crippen LogP contribution in [0.3, 0.4) is 0 Å². The van der Waals surface area contributed by atoms with E-state index in [-0.39, 0.29) is 5.41 Å². The molecule has 12 rings (SSSR count). The lowest BCUT2D eigenvalue weighted by Crippen LogP contribution is -2.30. The minimum Gasteiger partial charge on any atom is -0.453 e. The summed E-state index contributed by atoms with van der Waals surface area (Å²) in [7, 11) is 0. The summed E-state index contributed by atoms with van der Waals surface area (Å²) in [6.45, 7) is 4.63. The van der Waals surface area contributed by atoms with Gasteiger partial charge in [0.05, 0.1) is 34.1 Å². The predicted molar refractivity (Wildman–Crippen MR) is 239 cm³/mol. The summed E-state index contributed by atoms with van der Waals surface area (Å²) >= 11 is 0. The Hall–Kier alpha value is -7.90. The smallest absolute Gasteiger partial charge is 0.227 e. The molecule has 2 aliphatic heterocycles. The molecular weight excluding hydrogens is 741 g/mol. The molecule has 60 heavy (non-hydrogen) atoms. The Bertz CT molecular complexity index is 3160. The van der Waals surface area contributed by atoms with Gasteiger partial charge in [-0.3, -0.25) is 0 Å². The van der Waals surface area contributed by atoms with Gasteiger partial charge in [0.25, 0.3) is 0 Å². The van der Waals surface area contributed by atoms with E-state index in [1.807, 2.05) is 72.8 Å². The minimum absolute atomic E-state index is 0.241. The van der Waals surface area contributed by atoms with Crippen molar-refractivity contribution in [2.45, 2.75) is 19.3 Å². The largest absolute Gasteiger partial charge is 0.453 e. The molecule has 0 radical (unpaired) electrons. The number of nitrogens with zero attached hydrogens (tertiary/aromatic N) is 4. The fraction of sp³-hybridized carbons (Fsp3) is 0.0566. The molecule has 0 saturated heterocycles. The van der Waals surface area contributed by atoms with Crippen LogP contribution >= 0.6 is 0 Å².